The lowest BCUT2D eigenvalue weighted by atomic mass is 10.0. The molecule has 2 N–H and O–H groups in total. The Morgan fingerprint density at radius 1 is 0.872 bits per heavy atom. The van der Waals surface area contributed by atoms with Gasteiger partial charge in [0.15, 0.2) is 11.5 Å². The summed E-state index contributed by atoms with van der Waals surface area (Å²) >= 11 is 0. The van der Waals surface area contributed by atoms with Crippen LogP contribution in [0.1, 0.15) is 117 Å². The molecule has 2 heterocycles. The molecule has 0 saturated carbocycles. The van der Waals surface area contributed by atoms with Gasteiger partial charge in [0.2, 0.25) is 5.98 Å². The van der Waals surface area contributed by atoms with E-state index in [9.17, 15) is 4.89 Å². The van der Waals surface area contributed by atoms with Crippen LogP contribution in [-0.2, 0) is 11.3 Å². The highest BCUT2D eigenvalue weighted by atomic mass is 33.1. The Morgan fingerprint density at radius 2 is 1.44 bits per heavy atom. The molecule has 0 aromatic carbocycles. The highest BCUT2D eigenvalue weighted by molar-refractivity contribution is 8.76. The van der Waals surface area contributed by atoms with Crippen LogP contribution >= 0.6 is 29.4 Å². The van der Waals surface area contributed by atoms with Gasteiger partial charge in [-0.3, -0.25) is 0 Å². The van der Waals surface area contributed by atoms with Gasteiger partial charge in [-0.15, -0.1) is 0 Å². The first kappa shape index (κ1) is 34.3. The molecule has 2 unspecified atom stereocenters. The molecule has 0 radical (unpaired) electrons. The van der Waals surface area contributed by atoms with Gasteiger partial charge in [0.05, 0.1) is 26.7 Å². The quantitative estimate of drug-likeness (QED) is 0.0698. The Bertz CT molecular complexity index is 915. The van der Waals surface area contributed by atoms with E-state index in [2.05, 4.69) is 21.9 Å². The molecule has 2 rings (SSSR count). The van der Waals surface area contributed by atoms with Crippen LogP contribution in [0.4, 0.5) is 5.82 Å². The molecule has 0 aliphatic rings. The van der Waals surface area contributed by atoms with Gasteiger partial charge >= 0.3 is 0 Å². The first-order valence-electron chi connectivity index (χ1n) is 15.2. The van der Waals surface area contributed by atoms with Gasteiger partial charge < -0.3 is 19.9 Å². The average molecular weight is 598 g/mol. The minimum Gasteiger partial charge on any atom is -0.629 e. The van der Waals surface area contributed by atoms with Crippen molar-refractivity contribution in [1.82, 2.24) is 19.5 Å². The van der Waals surface area contributed by atoms with Gasteiger partial charge in [-0.25, -0.2) is 15.0 Å². The molecule has 7 nitrogen and oxygen atoms in total. The number of nitrogens with zero attached hydrogens (tertiary/aromatic N) is 4. The van der Waals surface area contributed by atoms with E-state index in [-0.39, 0.29) is 6.10 Å². The largest absolute Gasteiger partial charge is 0.629 e. The van der Waals surface area contributed by atoms with Crippen LogP contribution in [0.5, 0.6) is 0 Å². The molecule has 0 fully saturated rings. The normalized spacial score (nSPS) is 12.9. The number of nitrogen functional groups attached to an aromatic ring is 1. The molecule has 222 valence electrons. The number of imidazole rings is 1. The summed E-state index contributed by atoms with van der Waals surface area (Å²) in [4.78, 5) is 24.8. The number of anilines is 1. The van der Waals surface area contributed by atoms with Crippen molar-refractivity contribution in [2.24, 2.45) is 0 Å². The number of hydrogen-bond acceptors (Lipinski definition) is 8. The zero-order valence-corrected chi connectivity index (χ0v) is 26.9. The molecule has 0 amide bonds. The molecular formula is C29H52N5O2PS2. The Hall–Kier alpha value is -0.860. The summed E-state index contributed by atoms with van der Waals surface area (Å²) in [7, 11) is 2.28. The third-order valence-corrected chi connectivity index (χ3v) is 10.7. The third kappa shape index (κ3) is 16.2. The summed E-state index contributed by atoms with van der Waals surface area (Å²) in [6, 6.07) is 0. The lowest BCUT2D eigenvalue weighted by Gasteiger charge is -2.10. The van der Waals surface area contributed by atoms with Crippen molar-refractivity contribution in [1.29, 1.82) is 0 Å². The van der Waals surface area contributed by atoms with Crippen LogP contribution in [0, 0.1) is 0 Å². The van der Waals surface area contributed by atoms with E-state index >= 15 is 0 Å². The predicted molar refractivity (Wildman–Crippen MR) is 173 cm³/mol. The van der Waals surface area contributed by atoms with Gasteiger partial charge in [0, 0.05) is 11.5 Å². The molecule has 2 aromatic rings. The van der Waals surface area contributed by atoms with Crippen LogP contribution in [0.2, 0.25) is 0 Å². The van der Waals surface area contributed by atoms with Gasteiger partial charge in [0.25, 0.3) is 0 Å². The topological polar surface area (TPSA) is 102 Å². The van der Waals surface area contributed by atoms with Crippen molar-refractivity contribution in [2.75, 3.05) is 23.4 Å². The second-order valence-electron chi connectivity index (χ2n) is 10.5. The van der Waals surface area contributed by atoms with Gasteiger partial charge in [-0.05, 0) is 13.3 Å². The van der Waals surface area contributed by atoms with Crippen LogP contribution in [0.3, 0.4) is 0 Å². The molecule has 2 atom stereocenters. The smallest absolute Gasteiger partial charge is 0.208 e. The Morgan fingerprint density at radius 3 is 2.05 bits per heavy atom. The minimum atomic E-state index is -1.46. The van der Waals surface area contributed by atoms with Crippen molar-refractivity contribution in [3.05, 3.63) is 12.7 Å². The standard InChI is InChI=1S/C29H52N5O2PS2/c1-3-4-5-6-7-8-9-10-11-12-13-14-15-16-17-18-20-38-39-21-19-37(35)25-36-26(2)22-34-24-33-27-28(30)31-23-32-29(27)34/h23-26H,3-22H2,1-2H3,(H2,30,31,32). The molecule has 0 saturated heterocycles. The summed E-state index contributed by atoms with van der Waals surface area (Å²) in [6.45, 7) is 4.78. The van der Waals surface area contributed by atoms with Crippen LogP contribution in [0.15, 0.2) is 12.7 Å². The highest BCUT2D eigenvalue weighted by Gasteiger charge is 2.11. The van der Waals surface area contributed by atoms with Crippen molar-refractivity contribution in [3.63, 3.8) is 0 Å². The van der Waals surface area contributed by atoms with Crippen molar-refractivity contribution in [3.8, 4) is 0 Å². The van der Waals surface area contributed by atoms with E-state index in [4.69, 9.17) is 10.5 Å². The van der Waals surface area contributed by atoms with Gasteiger partial charge in [0.1, 0.15) is 18.0 Å². The van der Waals surface area contributed by atoms with Crippen LogP contribution < -0.4 is 10.6 Å². The number of rotatable bonds is 25. The van der Waals surface area contributed by atoms with E-state index in [0.717, 1.165) is 5.75 Å². The Labute approximate surface area is 246 Å². The maximum atomic E-state index is 12.3. The fraction of sp³-hybridized carbons (Fsp3) is 0.793. The van der Waals surface area contributed by atoms with E-state index in [0.29, 0.717) is 29.7 Å². The lowest BCUT2D eigenvalue weighted by Crippen LogP contribution is -2.16. The Kier molecular flexibility index (Phi) is 20.1. The summed E-state index contributed by atoms with van der Waals surface area (Å²) in [5.41, 5.74) is 7.11. The van der Waals surface area contributed by atoms with Crippen molar-refractivity contribution >= 4 is 52.3 Å². The monoisotopic (exact) mass is 597 g/mol. The zero-order chi connectivity index (χ0) is 28.0. The number of nitrogens with two attached hydrogens (primary N) is 1. The highest BCUT2D eigenvalue weighted by Crippen LogP contribution is 2.26. The maximum Gasteiger partial charge on any atom is 0.208 e. The van der Waals surface area contributed by atoms with Crippen molar-refractivity contribution in [2.45, 2.75) is 129 Å². The summed E-state index contributed by atoms with van der Waals surface area (Å²) in [5.74, 6) is 3.94. The Balaban J connectivity index is 1.35. The average Bonchev–Trinajstić information content (AvgIpc) is 3.34. The molecule has 0 spiro atoms. The number of aromatic nitrogens is 4. The fourth-order valence-electron chi connectivity index (χ4n) is 4.53. The van der Waals surface area contributed by atoms with Crippen LogP contribution in [-0.4, -0.2) is 49.3 Å². The number of hydrogen-bond donors (Lipinski definition) is 1. The molecule has 2 aromatic heterocycles. The van der Waals surface area contributed by atoms with E-state index in [1.54, 1.807) is 6.33 Å². The van der Waals surface area contributed by atoms with E-state index in [1.807, 2.05) is 33.1 Å². The second-order valence-corrected chi connectivity index (χ2v) is 14.7. The molecule has 0 aliphatic carbocycles. The number of fused-ring (bicyclic) bond motifs is 1. The molecule has 0 bridgehead atoms. The first-order chi connectivity index (χ1) is 19.1. The first-order valence-corrected chi connectivity index (χ1v) is 19.2. The zero-order valence-electron chi connectivity index (χ0n) is 24.4. The summed E-state index contributed by atoms with van der Waals surface area (Å²) in [6.07, 6.45) is 26.1. The number of ether oxygens (including phenoxy) is 1. The maximum absolute atomic E-state index is 12.3. The second kappa shape index (κ2) is 22.8. The van der Waals surface area contributed by atoms with Gasteiger partial charge in [-0.2, -0.15) is 0 Å². The summed E-state index contributed by atoms with van der Waals surface area (Å²) in [5, 5.41) is 0. The molecule has 0 aliphatic heterocycles. The molecular weight excluding hydrogens is 545 g/mol. The minimum absolute atomic E-state index is 0.144. The molecule has 39 heavy (non-hydrogen) atoms. The van der Waals surface area contributed by atoms with E-state index < -0.39 is 7.77 Å². The SMILES string of the molecule is CCCCCCCCCCCCCCCCCCSSCC/[P+]([O-])=C/OC(C)Cn1cnc2c(N)ncnc21. The summed E-state index contributed by atoms with van der Waals surface area (Å²) < 4.78 is 7.58. The predicted octanol–water partition coefficient (Wildman–Crippen LogP) is 7.97. The van der Waals surface area contributed by atoms with E-state index in [1.165, 1.54) is 121 Å². The lowest BCUT2D eigenvalue weighted by molar-refractivity contribution is -0.153. The molecule has 10 heteroatoms. The van der Waals surface area contributed by atoms with Crippen molar-refractivity contribution < 1.29 is 9.63 Å². The van der Waals surface area contributed by atoms with Crippen LogP contribution in [0.25, 0.3) is 11.2 Å². The van der Waals surface area contributed by atoms with Gasteiger partial charge in [-0.1, -0.05) is 125 Å². The number of unbranched alkanes of at least 4 members (excludes halogenated alkanes) is 15. The fourth-order valence-corrected chi connectivity index (χ4v) is 8.29. The third-order valence-electron chi connectivity index (χ3n) is 6.85.